The van der Waals surface area contributed by atoms with Gasteiger partial charge in [-0.2, -0.15) is 4.31 Å². The highest BCUT2D eigenvalue weighted by atomic mass is 32.2. The van der Waals surface area contributed by atoms with Crippen molar-refractivity contribution >= 4 is 27.0 Å². The number of fused-ring (bicyclic) bond motifs is 1. The zero-order valence-corrected chi connectivity index (χ0v) is 18.3. The number of pyridine rings is 2. The van der Waals surface area contributed by atoms with E-state index in [0.717, 1.165) is 5.69 Å². The van der Waals surface area contributed by atoms with E-state index in [9.17, 15) is 18.0 Å². The molecule has 1 aliphatic heterocycles. The van der Waals surface area contributed by atoms with Gasteiger partial charge in [-0.05, 0) is 38.1 Å². The molecule has 8 nitrogen and oxygen atoms in total. The molecule has 2 aromatic heterocycles. The summed E-state index contributed by atoms with van der Waals surface area (Å²) in [7, 11) is -3.61. The van der Waals surface area contributed by atoms with Crippen molar-refractivity contribution in [2.75, 3.05) is 26.2 Å². The average molecular weight is 441 g/mol. The Morgan fingerprint density at radius 1 is 1.03 bits per heavy atom. The fourth-order valence-corrected chi connectivity index (χ4v) is 5.24. The van der Waals surface area contributed by atoms with Crippen LogP contribution in [0.1, 0.15) is 23.0 Å². The molecule has 3 heterocycles. The number of aromatic nitrogens is 2. The molecule has 0 radical (unpaired) electrons. The normalized spacial score (nSPS) is 15.4. The Bertz CT molecular complexity index is 1290. The molecule has 4 rings (SSSR count). The summed E-state index contributed by atoms with van der Waals surface area (Å²) in [6.07, 6.45) is 1.56. The van der Waals surface area contributed by atoms with E-state index >= 15 is 0 Å². The molecule has 1 aliphatic rings. The maximum atomic E-state index is 13.1. The largest absolute Gasteiger partial charge is 0.336 e. The fourth-order valence-electron chi connectivity index (χ4n) is 3.80. The van der Waals surface area contributed by atoms with Crippen LogP contribution in [0.4, 0.5) is 0 Å². The predicted molar refractivity (Wildman–Crippen MR) is 118 cm³/mol. The van der Waals surface area contributed by atoms with E-state index in [1.54, 1.807) is 58.1 Å². The number of hydrogen-bond donors (Lipinski definition) is 0. The first-order chi connectivity index (χ1) is 14.8. The number of benzene rings is 1. The number of piperazine rings is 1. The zero-order valence-electron chi connectivity index (χ0n) is 17.5. The quantitative estimate of drug-likeness (QED) is 0.618. The summed E-state index contributed by atoms with van der Waals surface area (Å²) in [5.41, 5.74) is 1.09. The highest BCUT2D eigenvalue weighted by Crippen LogP contribution is 2.18. The summed E-state index contributed by atoms with van der Waals surface area (Å²) in [6, 6.07) is 11.7. The minimum atomic E-state index is -3.61. The van der Waals surface area contributed by atoms with Crippen molar-refractivity contribution in [2.24, 2.45) is 0 Å². The van der Waals surface area contributed by atoms with Crippen LogP contribution in [-0.2, 0) is 16.6 Å². The van der Waals surface area contributed by atoms with Crippen molar-refractivity contribution < 1.29 is 13.2 Å². The van der Waals surface area contributed by atoms with Gasteiger partial charge in [0.1, 0.15) is 11.2 Å². The third-order valence-corrected chi connectivity index (χ3v) is 7.45. The molecule has 0 aliphatic carbocycles. The van der Waals surface area contributed by atoms with Crippen molar-refractivity contribution in [1.29, 1.82) is 0 Å². The summed E-state index contributed by atoms with van der Waals surface area (Å²) in [6.45, 7) is 5.15. The average Bonchev–Trinajstić information content (AvgIpc) is 2.79. The second-order valence-corrected chi connectivity index (χ2v) is 9.43. The maximum absolute atomic E-state index is 13.1. The molecular weight excluding hydrogens is 416 g/mol. The maximum Gasteiger partial charge on any atom is 0.259 e. The third-order valence-electron chi connectivity index (χ3n) is 5.54. The Balaban J connectivity index is 1.58. The summed E-state index contributed by atoms with van der Waals surface area (Å²) >= 11 is 0. The van der Waals surface area contributed by atoms with Crippen LogP contribution >= 0.6 is 0 Å². The van der Waals surface area contributed by atoms with Gasteiger partial charge in [0.05, 0.1) is 10.3 Å². The molecule has 0 bridgehead atoms. The van der Waals surface area contributed by atoms with E-state index in [4.69, 9.17) is 0 Å². The molecule has 0 atom stereocenters. The van der Waals surface area contributed by atoms with Crippen molar-refractivity contribution in [3.8, 4) is 0 Å². The van der Waals surface area contributed by atoms with Crippen LogP contribution in [0.3, 0.4) is 0 Å². The van der Waals surface area contributed by atoms with Crippen molar-refractivity contribution in [3.05, 3.63) is 70.1 Å². The van der Waals surface area contributed by atoms with Gasteiger partial charge < -0.3 is 9.47 Å². The number of nitrogens with zero attached hydrogens (tertiary/aromatic N) is 4. The second kappa shape index (κ2) is 8.24. The van der Waals surface area contributed by atoms with E-state index < -0.39 is 10.0 Å². The first-order valence-electron chi connectivity index (χ1n) is 10.2. The summed E-state index contributed by atoms with van der Waals surface area (Å²) in [5.74, 6) is -0.383. The Labute approximate surface area is 180 Å². The fraction of sp³-hybridized carbons (Fsp3) is 0.318. The molecule has 0 saturated carbocycles. The van der Waals surface area contributed by atoms with Crippen LogP contribution in [0.15, 0.2) is 58.4 Å². The number of carbonyl (C=O) groups excluding carboxylic acids is 1. The number of amides is 1. The lowest BCUT2D eigenvalue weighted by molar-refractivity contribution is 0.0696. The van der Waals surface area contributed by atoms with E-state index in [0.29, 0.717) is 17.6 Å². The van der Waals surface area contributed by atoms with Crippen molar-refractivity contribution in [3.63, 3.8) is 0 Å². The zero-order chi connectivity index (χ0) is 22.2. The SMILES string of the molecule is CCn1cc(C(=O)N2CCN(S(=O)(=O)c3ccccc3)CC2)c(=O)c2ccc(C)nc21. The Kier molecular flexibility index (Phi) is 5.63. The topological polar surface area (TPSA) is 92.6 Å². The van der Waals surface area contributed by atoms with Crippen LogP contribution in [-0.4, -0.2) is 59.3 Å². The van der Waals surface area contributed by atoms with Crippen LogP contribution < -0.4 is 5.43 Å². The monoisotopic (exact) mass is 440 g/mol. The van der Waals surface area contributed by atoms with E-state index in [2.05, 4.69) is 4.98 Å². The molecule has 1 aromatic carbocycles. The van der Waals surface area contributed by atoms with Gasteiger partial charge in [-0.15, -0.1) is 0 Å². The lowest BCUT2D eigenvalue weighted by atomic mass is 10.1. The second-order valence-electron chi connectivity index (χ2n) is 7.49. The molecular formula is C22H24N4O4S. The standard InChI is InChI=1S/C22H24N4O4S/c1-3-24-15-19(20(27)18-10-9-16(2)23-21(18)24)22(28)25-11-13-26(14-12-25)31(29,30)17-7-5-4-6-8-17/h4-10,15H,3,11-14H2,1-2H3. The Hall–Kier alpha value is -3.04. The molecule has 3 aromatic rings. The van der Waals surface area contributed by atoms with Gasteiger partial charge in [-0.1, -0.05) is 18.2 Å². The first kappa shape index (κ1) is 21.2. The number of rotatable bonds is 4. The van der Waals surface area contributed by atoms with Gasteiger partial charge in [-0.3, -0.25) is 9.59 Å². The molecule has 162 valence electrons. The molecule has 0 spiro atoms. The number of hydrogen-bond acceptors (Lipinski definition) is 5. The molecule has 1 saturated heterocycles. The van der Waals surface area contributed by atoms with Crippen LogP contribution in [0.5, 0.6) is 0 Å². The van der Waals surface area contributed by atoms with Crippen LogP contribution in [0.25, 0.3) is 11.0 Å². The molecule has 9 heteroatoms. The number of sulfonamides is 1. The van der Waals surface area contributed by atoms with Crippen molar-refractivity contribution in [1.82, 2.24) is 18.8 Å². The van der Waals surface area contributed by atoms with Crippen LogP contribution in [0.2, 0.25) is 0 Å². The lowest BCUT2D eigenvalue weighted by Crippen LogP contribution is -2.51. The molecule has 1 amide bonds. The first-order valence-corrected chi connectivity index (χ1v) is 11.6. The molecule has 0 unspecified atom stereocenters. The van der Waals surface area contributed by atoms with Gasteiger partial charge in [0.25, 0.3) is 5.91 Å². The molecule has 0 N–H and O–H groups in total. The van der Waals surface area contributed by atoms with Gasteiger partial charge in [-0.25, -0.2) is 13.4 Å². The highest BCUT2D eigenvalue weighted by Gasteiger charge is 2.31. The van der Waals surface area contributed by atoms with E-state index in [1.165, 1.54) is 4.31 Å². The summed E-state index contributed by atoms with van der Waals surface area (Å²) in [4.78, 5) is 32.4. The van der Waals surface area contributed by atoms with E-state index in [1.807, 2.05) is 13.8 Å². The van der Waals surface area contributed by atoms with Crippen LogP contribution in [0, 0.1) is 6.92 Å². The number of aryl methyl sites for hydroxylation is 2. The minimum absolute atomic E-state index is 0.0827. The number of carbonyl (C=O) groups is 1. The smallest absolute Gasteiger partial charge is 0.259 e. The lowest BCUT2D eigenvalue weighted by Gasteiger charge is -2.34. The molecule has 31 heavy (non-hydrogen) atoms. The van der Waals surface area contributed by atoms with Gasteiger partial charge in [0, 0.05) is 44.6 Å². The van der Waals surface area contributed by atoms with E-state index in [-0.39, 0.29) is 48.0 Å². The Morgan fingerprint density at radius 2 is 1.71 bits per heavy atom. The van der Waals surface area contributed by atoms with Gasteiger partial charge in [0.15, 0.2) is 0 Å². The van der Waals surface area contributed by atoms with Gasteiger partial charge >= 0.3 is 0 Å². The van der Waals surface area contributed by atoms with Gasteiger partial charge in [0.2, 0.25) is 15.5 Å². The molecule has 1 fully saturated rings. The highest BCUT2D eigenvalue weighted by molar-refractivity contribution is 7.89. The minimum Gasteiger partial charge on any atom is -0.336 e. The Morgan fingerprint density at radius 3 is 2.35 bits per heavy atom. The predicted octanol–water partition coefficient (Wildman–Crippen LogP) is 1.87. The third kappa shape index (κ3) is 3.86. The summed E-state index contributed by atoms with van der Waals surface area (Å²) in [5, 5.41) is 0.406. The summed E-state index contributed by atoms with van der Waals surface area (Å²) < 4.78 is 28.8. The van der Waals surface area contributed by atoms with Crippen molar-refractivity contribution in [2.45, 2.75) is 25.3 Å².